The predicted octanol–water partition coefficient (Wildman–Crippen LogP) is 6.35. The summed E-state index contributed by atoms with van der Waals surface area (Å²) in [6.45, 7) is 5.39. The molecule has 4 aromatic rings. The van der Waals surface area contributed by atoms with Crippen molar-refractivity contribution in [1.29, 1.82) is 0 Å². The Morgan fingerprint density at radius 3 is 2.33 bits per heavy atom. The van der Waals surface area contributed by atoms with Gasteiger partial charge in [-0.2, -0.15) is 0 Å². The lowest BCUT2D eigenvalue weighted by Gasteiger charge is -2.31. The van der Waals surface area contributed by atoms with Crippen molar-refractivity contribution < 1.29 is 9.47 Å². The van der Waals surface area contributed by atoms with Crippen molar-refractivity contribution in [2.75, 3.05) is 7.11 Å². The van der Waals surface area contributed by atoms with Crippen LogP contribution in [-0.2, 0) is 17.9 Å². The molecule has 4 heteroatoms. The van der Waals surface area contributed by atoms with Crippen LogP contribution in [0.4, 0.5) is 0 Å². The highest BCUT2D eigenvalue weighted by Crippen LogP contribution is 2.40. The van der Waals surface area contributed by atoms with Crippen molar-refractivity contribution in [2.45, 2.75) is 45.9 Å². The average Bonchev–Trinajstić information content (AvgIpc) is 2.85. The van der Waals surface area contributed by atoms with Gasteiger partial charge in [-0.25, -0.2) is 0 Å². The maximum absolute atomic E-state index is 13.6. The second-order valence-corrected chi connectivity index (χ2v) is 8.86. The number of hydrogen-bond acceptors (Lipinski definition) is 3. The number of benzene rings is 3. The molecule has 1 aromatic heterocycles. The Hall–Kier alpha value is -3.37. The molecule has 0 N–H and O–H groups in total. The molecule has 0 bridgehead atoms. The van der Waals surface area contributed by atoms with Gasteiger partial charge in [-0.05, 0) is 72.5 Å². The number of rotatable bonds is 5. The fourth-order valence-electron chi connectivity index (χ4n) is 4.85. The first-order valence-electron chi connectivity index (χ1n) is 11.5. The summed E-state index contributed by atoms with van der Waals surface area (Å²) in [6, 6.07) is 22.6. The van der Waals surface area contributed by atoms with E-state index in [1.807, 2.05) is 34.9 Å². The van der Waals surface area contributed by atoms with Gasteiger partial charge in [-0.15, -0.1) is 0 Å². The standard InChI is InChI=1S/C29H29NO3/c1-19-16-24-25(17-20(19)2)29(31)30-15-7-10-26(28(30)27(24)22-8-5-4-6-9-22)33-18-21-11-13-23(32-3)14-12-21/h4-6,8-9,11-14,16-17,26H,7,10,15,18H2,1-3H3. The fraction of sp³-hybridized carbons (Fsp3) is 0.276. The molecule has 1 aliphatic heterocycles. The molecule has 33 heavy (non-hydrogen) atoms. The Kier molecular flexibility index (Phi) is 5.77. The first-order valence-corrected chi connectivity index (χ1v) is 11.5. The number of ether oxygens (including phenoxy) is 2. The van der Waals surface area contributed by atoms with E-state index in [4.69, 9.17) is 9.47 Å². The summed E-state index contributed by atoms with van der Waals surface area (Å²) in [7, 11) is 1.67. The largest absolute Gasteiger partial charge is 0.497 e. The quantitative estimate of drug-likeness (QED) is 0.364. The molecule has 3 aromatic carbocycles. The molecule has 0 radical (unpaired) electrons. The third kappa shape index (κ3) is 3.96. The summed E-state index contributed by atoms with van der Waals surface area (Å²) in [5.41, 5.74) is 6.74. The van der Waals surface area contributed by atoms with E-state index in [1.54, 1.807) is 7.11 Å². The lowest BCUT2D eigenvalue weighted by molar-refractivity contribution is 0.0188. The van der Waals surface area contributed by atoms with Crippen molar-refractivity contribution in [1.82, 2.24) is 4.57 Å². The van der Waals surface area contributed by atoms with Gasteiger partial charge in [0.25, 0.3) is 5.56 Å². The van der Waals surface area contributed by atoms with Gasteiger partial charge in [0.1, 0.15) is 5.75 Å². The van der Waals surface area contributed by atoms with Gasteiger partial charge < -0.3 is 14.0 Å². The zero-order chi connectivity index (χ0) is 22.9. The number of nitrogens with zero attached hydrogens (tertiary/aromatic N) is 1. The lowest BCUT2D eigenvalue weighted by atomic mass is 9.90. The summed E-state index contributed by atoms with van der Waals surface area (Å²) in [5.74, 6) is 0.830. The van der Waals surface area contributed by atoms with Gasteiger partial charge in [0.05, 0.1) is 25.5 Å². The molecular weight excluding hydrogens is 410 g/mol. The summed E-state index contributed by atoms with van der Waals surface area (Å²) in [6.07, 6.45) is 1.67. The van der Waals surface area contributed by atoms with E-state index in [-0.39, 0.29) is 11.7 Å². The van der Waals surface area contributed by atoms with E-state index in [0.29, 0.717) is 6.61 Å². The highest BCUT2D eigenvalue weighted by molar-refractivity contribution is 5.98. The van der Waals surface area contributed by atoms with Gasteiger partial charge in [-0.1, -0.05) is 48.5 Å². The zero-order valence-corrected chi connectivity index (χ0v) is 19.4. The van der Waals surface area contributed by atoms with Crippen LogP contribution in [0.1, 0.15) is 41.3 Å². The van der Waals surface area contributed by atoms with Crippen LogP contribution >= 0.6 is 0 Å². The van der Waals surface area contributed by atoms with E-state index in [1.165, 1.54) is 5.56 Å². The number of hydrogen-bond donors (Lipinski definition) is 0. The molecule has 0 spiro atoms. The predicted molar refractivity (Wildman–Crippen MR) is 133 cm³/mol. The molecule has 0 aliphatic carbocycles. The van der Waals surface area contributed by atoms with E-state index in [2.05, 4.69) is 50.2 Å². The van der Waals surface area contributed by atoms with Crippen LogP contribution in [0.2, 0.25) is 0 Å². The number of aryl methyl sites for hydroxylation is 2. The molecule has 1 aliphatic rings. The minimum atomic E-state index is -0.144. The van der Waals surface area contributed by atoms with Crippen LogP contribution in [0.3, 0.4) is 0 Å². The Balaban J connectivity index is 1.66. The maximum Gasteiger partial charge on any atom is 0.258 e. The van der Waals surface area contributed by atoms with E-state index < -0.39 is 0 Å². The molecule has 0 saturated carbocycles. The highest BCUT2D eigenvalue weighted by Gasteiger charge is 2.28. The fourth-order valence-corrected chi connectivity index (χ4v) is 4.85. The maximum atomic E-state index is 13.6. The minimum absolute atomic E-state index is 0.0838. The Morgan fingerprint density at radius 1 is 0.939 bits per heavy atom. The average molecular weight is 440 g/mol. The summed E-state index contributed by atoms with van der Waals surface area (Å²) >= 11 is 0. The number of fused-ring (bicyclic) bond motifs is 2. The van der Waals surface area contributed by atoms with Crippen LogP contribution in [0, 0.1) is 13.8 Å². The van der Waals surface area contributed by atoms with Crippen LogP contribution in [0.5, 0.6) is 5.75 Å². The van der Waals surface area contributed by atoms with Gasteiger partial charge >= 0.3 is 0 Å². The SMILES string of the molecule is COc1ccc(COC2CCCn3c2c(-c2ccccc2)c2cc(C)c(C)cc2c3=O)cc1. The molecular formula is C29H29NO3. The van der Waals surface area contributed by atoms with Gasteiger partial charge in [-0.3, -0.25) is 4.79 Å². The van der Waals surface area contributed by atoms with Gasteiger partial charge in [0.2, 0.25) is 0 Å². The van der Waals surface area contributed by atoms with E-state index in [9.17, 15) is 4.79 Å². The van der Waals surface area contributed by atoms with Gasteiger partial charge in [0.15, 0.2) is 0 Å². The summed E-state index contributed by atoms with van der Waals surface area (Å²) < 4.78 is 13.7. The first kappa shape index (κ1) is 21.5. The Labute approximate surface area is 194 Å². The highest BCUT2D eigenvalue weighted by atomic mass is 16.5. The first-order chi connectivity index (χ1) is 16.1. The molecule has 2 heterocycles. The monoisotopic (exact) mass is 439 g/mol. The van der Waals surface area contributed by atoms with Crippen LogP contribution in [0.15, 0.2) is 71.5 Å². The van der Waals surface area contributed by atoms with Crippen molar-refractivity contribution in [2.24, 2.45) is 0 Å². The van der Waals surface area contributed by atoms with E-state index in [0.717, 1.165) is 63.9 Å². The van der Waals surface area contributed by atoms with E-state index >= 15 is 0 Å². The zero-order valence-electron chi connectivity index (χ0n) is 19.4. The Bertz CT molecular complexity index is 1350. The molecule has 0 amide bonds. The molecule has 0 fully saturated rings. The summed E-state index contributed by atoms with van der Waals surface area (Å²) in [5, 5.41) is 1.80. The second-order valence-electron chi connectivity index (χ2n) is 8.86. The summed E-state index contributed by atoms with van der Waals surface area (Å²) in [4.78, 5) is 13.6. The second kappa shape index (κ2) is 8.87. The Morgan fingerprint density at radius 2 is 1.64 bits per heavy atom. The minimum Gasteiger partial charge on any atom is -0.497 e. The number of methoxy groups -OCH3 is 1. The third-order valence-corrected chi connectivity index (χ3v) is 6.75. The topological polar surface area (TPSA) is 40.5 Å². The van der Waals surface area contributed by atoms with Crippen LogP contribution in [0.25, 0.3) is 21.9 Å². The molecule has 168 valence electrons. The third-order valence-electron chi connectivity index (χ3n) is 6.75. The molecule has 5 rings (SSSR count). The molecule has 1 unspecified atom stereocenters. The van der Waals surface area contributed by atoms with Crippen LogP contribution < -0.4 is 10.3 Å². The van der Waals surface area contributed by atoms with Crippen molar-refractivity contribution in [3.05, 3.63) is 99.5 Å². The molecule has 0 saturated heterocycles. The normalized spacial score (nSPS) is 15.4. The smallest absolute Gasteiger partial charge is 0.258 e. The van der Waals surface area contributed by atoms with Gasteiger partial charge in [0, 0.05) is 17.5 Å². The van der Waals surface area contributed by atoms with Crippen LogP contribution in [-0.4, -0.2) is 11.7 Å². The number of aromatic nitrogens is 1. The number of pyridine rings is 1. The lowest BCUT2D eigenvalue weighted by Crippen LogP contribution is -2.31. The van der Waals surface area contributed by atoms with Crippen molar-refractivity contribution >= 4 is 10.8 Å². The molecule has 4 nitrogen and oxygen atoms in total. The van der Waals surface area contributed by atoms with Crippen molar-refractivity contribution in [3.63, 3.8) is 0 Å². The molecule has 1 atom stereocenters. The van der Waals surface area contributed by atoms with Crippen molar-refractivity contribution in [3.8, 4) is 16.9 Å².